The van der Waals surface area contributed by atoms with E-state index >= 15 is 0 Å². The summed E-state index contributed by atoms with van der Waals surface area (Å²) in [5.74, 6) is 0. The Balaban J connectivity index is 0.919. The molecule has 2 aromatic heterocycles. The molecule has 1 atom stereocenters. The summed E-state index contributed by atoms with van der Waals surface area (Å²) >= 11 is 0. The van der Waals surface area contributed by atoms with Crippen molar-refractivity contribution in [1.29, 1.82) is 0 Å². The number of benzene rings is 13. The second-order valence-corrected chi connectivity index (χ2v) is 21.9. The van der Waals surface area contributed by atoms with E-state index in [0.29, 0.717) is 0 Å². The second-order valence-electron chi connectivity index (χ2n) is 21.9. The lowest BCUT2D eigenvalue weighted by Crippen LogP contribution is -2.25. The number of rotatable bonds is 8. The number of hydrogen-bond acceptors (Lipinski definition) is 1. The number of fused-ring (bicyclic) bond motifs is 17. The van der Waals surface area contributed by atoms with Gasteiger partial charge in [0.05, 0.1) is 33.2 Å². The van der Waals surface area contributed by atoms with E-state index in [2.05, 4.69) is 323 Å². The molecule has 0 amide bonds. The third-order valence-corrected chi connectivity index (χ3v) is 17.7. The van der Waals surface area contributed by atoms with E-state index in [1.165, 1.54) is 82.6 Å². The number of anilines is 3. The van der Waals surface area contributed by atoms with Crippen LogP contribution in [0.2, 0.25) is 0 Å². The molecular weight excluding hydrogens is 991 g/mol. The fraction of sp³-hybridized carbons (Fsp3) is 0.0127. The topological polar surface area (TPSA) is 13.1 Å². The van der Waals surface area contributed by atoms with Crippen molar-refractivity contribution in [2.45, 2.75) is 5.41 Å². The molecule has 1 spiro atoms. The van der Waals surface area contributed by atoms with E-state index in [0.717, 1.165) is 67.3 Å². The molecule has 82 heavy (non-hydrogen) atoms. The van der Waals surface area contributed by atoms with Crippen LogP contribution in [0.1, 0.15) is 22.3 Å². The maximum absolute atomic E-state index is 2.54. The maximum atomic E-state index is 2.54. The molecule has 2 heterocycles. The average Bonchev–Trinajstić information content (AvgIpc) is 2.77. The monoisotopic (exact) mass is 1040 g/mol. The van der Waals surface area contributed by atoms with E-state index in [1.807, 2.05) is 0 Å². The van der Waals surface area contributed by atoms with Gasteiger partial charge in [-0.3, -0.25) is 0 Å². The van der Waals surface area contributed by atoms with E-state index < -0.39 is 5.41 Å². The summed E-state index contributed by atoms with van der Waals surface area (Å²) < 4.78 is 4.85. The lowest BCUT2D eigenvalue weighted by atomic mass is 9.70. The van der Waals surface area contributed by atoms with Gasteiger partial charge < -0.3 is 14.0 Å². The van der Waals surface area contributed by atoms with Gasteiger partial charge in [0.15, 0.2) is 0 Å². The van der Waals surface area contributed by atoms with E-state index in [9.17, 15) is 0 Å². The minimum absolute atomic E-state index is 0.577. The first kappa shape index (κ1) is 46.2. The largest absolute Gasteiger partial charge is 0.310 e. The molecule has 3 nitrogen and oxygen atoms in total. The highest BCUT2D eigenvalue weighted by Crippen LogP contribution is 2.65. The first-order valence-electron chi connectivity index (χ1n) is 28.4. The van der Waals surface area contributed by atoms with Crippen molar-refractivity contribution in [2.24, 2.45) is 0 Å². The molecule has 1 unspecified atom stereocenters. The van der Waals surface area contributed by atoms with Gasteiger partial charge in [-0.25, -0.2) is 0 Å². The molecule has 15 aromatic rings. The third-order valence-electron chi connectivity index (χ3n) is 17.7. The Kier molecular flexibility index (Phi) is 10.2. The van der Waals surface area contributed by atoms with Gasteiger partial charge in [-0.05, 0) is 163 Å². The zero-order valence-electron chi connectivity index (χ0n) is 44.8. The summed E-state index contributed by atoms with van der Waals surface area (Å²) in [4.78, 5) is 2.50. The highest BCUT2D eigenvalue weighted by atomic mass is 15.1. The number of para-hydroxylation sites is 5. The molecule has 0 aliphatic heterocycles. The van der Waals surface area contributed by atoms with Gasteiger partial charge in [-0.1, -0.05) is 218 Å². The second kappa shape index (κ2) is 18.2. The molecule has 0 saturated carbocycles. The minimum atomic E-state index is -0.577. The van der Waals surface area contributed by atoms with E-state index in [4.69, 9.17) is 0 Å². The van der Waals surface area contributed by atoms with Crippen molar-refractivity contribution in [3.63, 3.8) is 0 Å². The molecule has 3 heteroatoms. The SMILES string of the molecule is c1ccc(-c2cc(-c3ccc4c(c3)C3(c5ccccc5-4)c4ccccc4-c4c3ccc3c4c4ccccc4n3-c3ccccc3)cc(N(c3ccc4c(c3)c3ccccc3n4-c3ccccc3)c3ccccc3-c3ccccc3)c2)cc1. The Morgan fingerprint density at radius 3 is 1.49 bits per heavy atom. The molecule has 0 fully saturated rings. The van der Waals surface area contributed by atoms with Crippen LogP contribution < -0.4 is 4.90 Å². The van der Waals surface area contributed by atoms with Crippen LogP contribution in [-0.4, -0.2) is 9.13 Å². The minimum Gasteiger partial charge on any atom is -0.310 e. The van der Waals surface area contributed by atoms with Gasteiger partial charge in [0.2, 0.25) is 0 Å². The van der Waals surface area contributed by atoms with Crippen LogP contribution in [0.3, 0.4) is 0 Å². The van der Waals surface area contributed by atoms with Crippen molar-refractivity contribution in [2.75, 3.05) is 4.90 Å². The predicted octanol–water partition coefficient (Wildman–Crippen LogP) is 20.7. The molecule has 0 N–H and O–H groups in total. The summed E-state index contributed by atoms with van der Waals surface area (Å²) in [5.41, 5.74) is 27.1. The Morgan fingerprint density at radius 2 is 0.768 bits per heavy atom. The van der Waals surface area contributed by atoms with Crippen molar-refractivity contribution in [3.8, 4) is 67.0 Å². The van der Waals surface area contributed by atoms with Crippen molar-refractivity contribution in [1.82, 2.24) is 9.13 Å². The molecule has 0 bridgehead atoms. The maximum Gasteiger partial charge on any atom is 0.0726 e. The predicted molar refractivity (Wildman–Crippen MR) is 342 cm³/mol. The van der Waals surface area contributed by atoms with Gasteiger partial charge in [-0.15, -0.1) is 0 Å². The fourth-order valence-electron chi connectivity index (χ4n) is 14.3. The average molecular weight is 1040 g/mol. The van der Waals surface area contributed by atoms with Crippen LogP contribution in [-0.2, 0) is 5.41 Å². The number of aromatic nitrogens is 2. The molecule has 0 radical (unpaired) electrons. The third kappa shape index (κ3) is 6.71. The van der Waals surface area contributed by atoms with Gasteiger partial charge in [0, 0.05) is 49.9 Å². The Hall–Kier alpha value is -10.7. The summed E-state index contributed by atoms with van der Waals surface area (Å²) in [7, 11) is 0. The highest BCUT2D eigenvalue weighted by molar-refractivity contribution is 6.19. The van der Waals surface area contributed by atoms with Crippen molar-refractivity contribution < 1.29 is 0 Å². The van der Waals surface area contributed by atoms with Gasteiger partial charge in [0.25, 0.3) is 0 Å². The van der Waals surface area contributed by atoms with E-state index in [-0.39, 0.29) is 0 Å². The number of hydrogen-bond donors (Lipinski definition) is 0. The van der Waals surface area contributed by atoms with Gasteiger partial charge >= 0.3 is 0 Å². The summed E-state index contributed by atoms with van der Waals surface area (Å²) in [6.45, 7) is 0. The Labute approximate surface area is 476 Å². The van der Waals surface area contributed by atoms with E-state index in [1.54, 1.807) is 0 Å². The first-order chi connectivity index (χ1) is 40.7. The highest BCUT2D eigenvalue weighted by Gasteiger charge is 2.52. The van der Waals surface area contributed by atoms with Crippen LogP contribution in [0.5, 0.6) is 0 Å². The molecule has 2 aliphatic carbocycles. The fourth-order valence-corrected chi connectivity index (χ4v) is 14.3. The van der Waals surface area contributed by atoms with Crippen LogP contribution in [0.4, 0.5) is 17.1 Å². The zero-order chi connectivity index (χ0) is 53.9. The molecular formula is C79H51N3. The molecule has 17 rings (SSSR count). The lowest BCUT2D eigenvalue weighted by Gasteiger charge is -2.31. The van der Waals surface area contributed by atoms with Gasteiger partial charge in [0.1, 0.15) is 0 Å². The Morgan fingerprint density at radius 1 is 0.256 bits per heavy atom. The first-order valence-corrected chi connectivity index (χ1v) is 28.4. The van der Waals surface area contributed by atoms with Crippen molar-refractivity contribution in [3.05, 3.63) is 332 Å². The molecule has 2 aliphatic rings. The standard InChI is InChI=1S/C79H51N3/c1-5-23-52(24-6-1)55-47-56(49-60(48-55)80(72-38-20-15-31-61(72)53-25-7-2-8-26-53)59-42-45-75-67(51-59)64-33-16-21-39-73(64)81(75)57-27-9-3-10-28-57)54-41-43-63-62-32-13-18-36-68(62)79(71(63)50-54)69-37-19-14-34-65(69)77-70(79)44-46-76-78(77)66-35-17-22-40-74(66)82(76)58-29-11-4-12-30-58/h1-51H. The summed E-state index contributed by atoms with van der Waals surface area (Å²) in [5, 5.41) is 4.96. The smallest absolute Gasteiger partial charge is 0.0726 e. The summed E-state index contributed by atoms with van der Waals surface area (Å²) in [6, 6.07) is 115. The normalized spacial score (nSPS) is 13.9. The van der Waals surface area contributed by atoms with Crippen LogP contribution in [0.25, 0.3) is 111 Å². The van der Waals surface area contributed by atoms with Crippen LogP contribution >= 0.6 is 0 Å². The molecule has 13 aromatic carbocycles. The lowest BCUT2D eigenvalue weighted by molar-refractivity contribution is 0.794. The van der Waals surface area contributed by atoms with Crippen molar-refractivity contribution >= 4 is 60.7 Å². The van der Waals surface area contributed by atoms with Crippen LogP contribution in [0, 0.1) is 0 Å². The van der Waals surface area contributed by atoms with Gasteiger partial charge in [-0.2, -0.15) is 0 Å². The van der Waals surface area contributed by atoms with Crippen LogP contribution in [0.15, 0.2) is 309 Å². The quantitative estimate of drug-likeness (QED) is 0.148. The Bertz CT molecular complexity index is 5030. The molecule has 0 saturated heterocycles. The molecule has 382 valence electrons. The summed E-state index contributed by atoms with van der Waals surface area (Å²) in [6.07, 6.45) is 0. The zero-order valence-corrected chi connectivity index (χ0v) is 44.8. The number of nitrogens with zero attached hydrogens (tertiary/aromatic N) is 3.